The Morgan fingerprint density at radius 2 is 2.38 bits per heavy atom. The average molecular weight is 239 g/mol. The average Bonchev–Trinajstić information content (AvgIpc) is 2.77. The van der Waals surface area contributed by atoms with Gasteiger partial charge in [0.05, 0.1) is 12.2 Å². The van der Waals surface area contributed by atoms with E-state index in [9.17, 15) is 0 Å². The van der Waals surface area contributed by atoms with Crippen molar-refractivity contribution in [1.82, 2.24) is 9.88 Å². The van der Waals surface area contributed by atoms with Crippen LogP contribution in [0.1, 0.15) is 31.0 Å². The molecule has 3 nitrogen and oxygen atoms in total. The van der Waals surface area contributed by atoms with Crippen LogP contribution < -0.4 is 5.73 Å². The highest BCUT2D eigenvalue weighted by Crippen LogP contribution is 2.19. The van der Waals surface area contributed by atoms with Crippen LogP contribution in [0.25, 0.3) is 0 Å². The molecule has 2 N–H and O–H groups in total. The first-order valence-electron chi connectivity index (χ1n) is 6.10. The Hall–Kier alpha value is -0.450. The van der Waals surface area contributed by atoms with E-state index < -0.39 is 0 Å². The van der Waals surface area contributed by atoms with Crippen LogP contribution in [0.15, 0.2) is 5.38 Å². The van der Waals surface area contributed by atoms with Crippen molar-refractivity contribution in [3.05, 3.63) is 16.1 Å². The molecule has 1 aliphatic rings. The molecule has 16 heavy (non-hydrogen) atoms. The second-order valence-corrected chi connectivity index (χ2v) is 5.76. The molecule has 0 aromatic carbocycles. The van der Waals surface area contributed by atoms with Gasteiger partial charge in [0.15, 0.2) is 0 Å². The fourth-order valence-electron chi connectivity index (χ4n) is 2.21. The molecular formula is C12H21N3S. The van der Waals surface area contributed by atoms with Crippen molar-refractivity contribution in [3.8, 4) is 0 Å². The van der Waals surface area contributed by atoms with Gasteiger partial charge in [-0.1, -0.05) is 20.3 Å². The zero-order valence-corrected chi connectivity index (χ0v) is 11.0. The van der Waals surface area contributed by atoms with E-state index >= 15 is 0 Å². The van der Waals surface area contributed by atoms with Crippen molar-refractivity contribution in [1.29, 1.82) is 0 Å². The maximum Gasteiger partial charge on any atom is 0.107 e. The standard InChI is InChI=1S/C12H21N3S/c1-3-4-10-8-16-12(14-10)7-15-5-9(2)11(13)6-15/h8-9,11H,3-7,13H2,1-2H3. The smallest absolute Gasteiger partial charge is 0.107 e. The van der Waals surface area contributed by atoms with E-state index in [0.717, 1.165) is 26.1 Å². The van der Waals surface area contributed by atoms with Gasteiger partial charge in [0.1, 0.15) is 5.01 Å². The van der Waals surface area contributed by atoms with Gasteiger partial charge in [-0.3, -0.25) is 4.90 Å². The molecule has 1 aliphatic heterocycles. The van der Waals surface area contributed by atoms with Crippen molar-refractivity contribution >= 4 is 11.3 Å². The number of aromatic nitrogens is 1. The number of likely N-dealkylation sites (tertiary alicyclic amines) is 1. The molecule has 2 rings (SSSR count). The van der Waals surface area contributed by atoms with Crippen LogP contribution in [-0.2, 0) is 13.0 Å². The minimum Gasteiger partial charge on any atom is -0.326 e. The zero-order chi connectivity index (χ0) is 11.5. The van der Waals surface area contributed by atoms with E-state index in [1.165, 1.54) is 17.1 Å². The Balaban J connectivity index is 1.89. The van der Waals surface area contributed by atoms with E-state index in [2.05, 4.69) is 29.1 Å². The lowest BCUT2D eigenvalue weighted by atomic mass is 10.1. The Labute approximate surface area is 102 Å². The van der Waals surface area contributed by atoms with Crippen LogP contribution in [-0.4, -0.2) is 29.0 Å². The SMILES string of the molecule is CCCc1csc(CN2CC(C)C(N)C2)n1. The third kappa shape index (κ3) is 2.81. The third-order valence-corrected chi connectivity index (χ3v) is 4.09. The van der Waals surface area contributed by atoms with Crippen molar-refractivity contribution in [3.63, 3.8) is 0 Å². The third-order valence-electron chi connectivity index (χ3n) is 3.21. The molecule has 0 spiro atoms. The number of rotatable bonds is 4. The van der Waals surface area contributed by atoms with E-state index in [4.69, 9.17) is 5.73 Å². The Kier molecular flexibility index (Phi) is 3.95. The highest BCUT2D eigenvalue weighted by molar-refractivity contribution is 7.09. The van der Waals surface area contributed by atoms with Gasteiger partial charge in [0.25, 0.3) is 0 Å². The molecule has 0 aliphatic carbocycles. The molecule has 1 saturated heterocycles. The molecular weight excluding hydrogens is 218 g/mol. The van der Waals surface area contributed by atoms with Crippen LogP contribution in [0.2, 0.25) is 0 Å². The largest absolute Gasteiger partial charge is 0.326 e. The molecule has 0 amide bonds. The Bertz CT molecular complexity index is 327. The number of nitrogens with zero attached hydrogens (tertiary/aromatic N) is 2. The van der Waals surface area contributed by atoms with Gasteiger partial charge in [-0.2, -0.15) is 0 Å². The van der Waals surface area contributed by atoms with E-state index in [-0.39, 0.29) is 0 Å². The zero-order valence-electron chi connectivity index (χ0n) is 10.1. The Morgan fingerprint density at radius 3 is 3.00 bits per heavy atom. The summed E-state index contributed by atoms with van der Waals surface area (Å²) in [4.78, 5) is 7.07. The lowest BCUT2D eigenvalue weighted by molar-refractivity contribution is 0.318. The fraction of sp³-hybridized carbons (Fsp3) is 0.750. The van der Waals surface area contributed by atoms with Crippen LogP contribution in [0.4, 0.5) is 0 Å². The lowest BCUT2D eigenvalue weighted by Crippen LogP contribution is -2.28. The first-order valence-corrected chi connectivity index (χ1v) is 6.98. The summed E-state index contributed by atoms with van der Waals surface area (Å²) < 4.78 is 0. The maximum absolute atomic E-state index is 6.02. The van der Waals surface area contributed by atoms with E-state index in [1.54, 1.807) is 11.3 Å². The first kappa shape index (κ1) is 12.0. The van der Waals surface area contributed by atoms with Crippen LogP contribution in [0, 0.1) is 5.92 Å². The summed E-state index contributed by atoms with van der Waals surface area (Å²) in [5, 5.41) is 3.43. The topological polar surface area (TPSA) is 42.1 Å². The second kappa shape index (κ2) is 5.25. The van der Waals surface area contributed by atoms with Crippen molar-refractivity contribution < 1.29 is 0 Å². The molecule has 2 heterocycles. The number of aryl methyl sites for hydroxylation is 1. The monoisotopic (exact) mass is 239 g/mol. The number of thiazole rings is 1. The fourth-order valence-corrected chi connectivity index (χ4v) is 3.08. The molecule has 90 valence electrons. The van der Waals surface area contributed by atoms with Crippen LogP contribution in [0.5, 0.6) is 0 Å². The molecule has 4 heteroatoms. The summed E-state index contributed by atoms with van der Waals surface area (Å²) in [5.41, 5.74) is 7.27. The number of nitrogens with two attached hydrogens (primary N) is 1. The molecule has 1 fully saturated rings. The molecule has 0 radical (unpaired) electrons. The lowest BCUT2D eigenvalue weighted by Gasteiger charge is -2.12. The van der Waals surface area contributed by atoms with Gasteiger partial charge in [-0.15, -0.1) is 11.3 Å². The first-order chi connectivity index (χ1) is 7.69. The van der Waals surface area contributed by atoms with Gasteiger partial charge in [-0.25, -0.2) is 4.98 Å². The summed E-state index contributed by atoms with van der Waals surface area (Å²) in [7, 11) is 0. The van der Waals surface area contributed by atoms with Crippen LogP contribution in [0.3, 0.4) is 0 Å². The summed E-state index contributed by atoms with van der Waals surface area (Å²) >= 11 is 1.79. The van der Waals surface area contributed by atoms with Gasteiger partial charge >= 0.3 is 0 Å². The predicted molar refractivity (Wildman–Crippen MR) is 68.5 cm³/mol. The number of hydrogen-bond donors (Lipinski definition) is 1. The summed E-state index contributed by atoms with van der Waals surface area (Å²) in [6.07, 6.45) is 2.28. The normalized spacial score (nSPS) is 26.4. The summed E-state index contributed by atoms with van der Waals surface area (Å²) in [6, 6.07) is 0.343. The highest BCUT2D eigenvalue weighted by Gasteiger charge is 2.26. The molecule has 2 atom stereocenters. The summed E-state index contributed by atoms with van der Waals surface area (Å²) in [6.45, 7) is 7.54. The van der Waals surface area contributed by atoms with Crippen molar-refractivity contribution in [2.45, 2.75) is 39.3 Å². The second-order valence-electron chi connectivity index (χ2n) is 4.82. The van der Waals surface area contributed by atoms with Crippen LogP contribution >= 0.6 is 11.3 Å². The van der Waals surface area contributed by atoms with Crippen molar-refractivity contribution in [2.75, 3.05) is 13.1 Å². The van der Waals surface area contributed by atoms with Gasteiger partial charge in [0.2, 0.25) is 0 Å². The molecule has 1 aromatic heterocycles. The van der Waals surface area contributed by atoms with Crippen molar-refractivity contribution in [2.24, 2.45) is 11.7 Å². The Morgan fingerprint density at radius 1 is 1.56 bits per heavy atom. The van der Waals surface area contributed by atoms with Gasteiger partial charge in [0, 0.05) is 24.5 Å². The molecule has 0 bridgehead atoms. The summed E-state index contributed by atoms with van der Waals surface area (Å²) in [5.74, 6) is 0.620. The quantitative estimate of drug-likeness (QED) is 0.872. The minimum atomic E-state index is 0.343. The minimum absolute atomic E-state index is 0.343. The number of hydrogen-bond acceptors (Lipinski definition) is 4. The van der Waals surface area contributed by atoms with E-state index in [0.29, 0.717) is 12.0 Å². The predicted octanol–water partition coefficient (Wildman–Crippen LogP) is 1.87. The van der Waals surface area contributed by atoms with E-state index in [1.807, 2.05) is 0 Å². The molecule has 2 unspecified atom stereocenters. The maximum atomic E-state index is 6.02. The highest BCUT2D eigenvalue weighted by atomic mass is 32.1. The molecule has 0 saturated carbocycles. The van der Waals surface area contributed by atoms with Gasteiger partial charge < -0.3 is 5.73 Å². The van der Waals surface area contributed by atoms with Gasteiger partial charge in [-0.05, 0) is 12.3 Å². The molecule has 1 aromatic rings.